The van der Waals surface area contributed by atoms with Gasteiger partial charge in [-0.05, 0) is 48.9 Å². The summed E-state index contributed by atoms with van der Waals surface area (Å²) in [5.74, 6) is 0. The maximum absolute atomic E-state index is 12.7. The smallest absolute Gasteiger partial charge is 0.246 e. The van der Waals surface area contributed by atoms with Crippen LogP contribution >= 0.6 is 0 Å². The van der Waals surface area contributed by atoms with Crippen LogP contribution in [0, 0.1) is 12.3 Å². The fourth-order valence-electron chi connectivity index (χ4n) is 2.92. The molecule has 0 saturated heterocycles. The molecule has 3 rings (SSSR count). The molecule has 4 heteroatoms. The van der Waals surface area contributed by atoms with Crippen LogP contribution in [0.4, 0.5) is 0 Å². The van der Waals surface area contributed by atoms with Crippen molar-refractivity contribution in [3.8, 4) is 0 Å². The molecule has 1 aliphatic carbocycles. The number of rotatable bonds is 2. The first-order chi connectivity index (χ1) is 9.29. The van der Waals surface area contributed by atoms with Gasteiger partial charge in [0, 0.05) is 11.9 Å². The Hall–Kier alpha value is -1.55. The number of aromatic nitrogens is 1. The summed E-state index contributed by atoms with van der Waals surface area (Å²) in [6.07, 6.45) is 3.44. The number of nitrogens with zero attached hydrogens (tertiary/aromatic N) is 1. The lowest BCUT2D eigenvalue weighted by Gasteiger charge is -2.17. The van der Waals surface area contributed by atoms with Crippen molar-refractivity contribution in [1.82, 2.24) is 3.97 Å². The van der Waals surface area contributed by atoms with Gasteiger partial charge in [-0.25, -0.2) is 12.4 Å². The van der Waals surface area contributed by atoms with Crippen LogP contribution in [0.3, 0.4) is 0 Å². The predicted octanol–water partition coefficient (Wildman–Crippen LogP) is 3.16. The van der Waals surface area contributed by atoms with Crippen LogP contribution < -0.4 is 0 Å². The maximum atomic E-state index is 12.7. The van der Waals surface area contributed by atoms with E-state index in [0.717, 1.165) is 29.7 Å². The van der Waals surface area contributed by atoms with Crippen LogP contribution in [0.2, 0.25) is 0 Å². The Bertz CT molecular complexity index is 752. The minimum Gasteiger partial charge on any atom is -0.246 e. The normalized spacial score (nSPS) is 17.1. The molecule has 0 spiro atoms. The van der Waals surface area contributed by atoms with Crippen molar-refractivity contribution in [3.63, 3.8) is 0 Å². The molecule has 0 saturated carbocycles. The molecular formula is C16H19NO2S. The van der Waals surface area contributed by atoms with Gasteiger partial charge in [0.05, 0.1) is 4.90 Å². The van der Waals surface area contributed by atoms with Crippen molar-refractivity contribution in [2.75, 3.05) is 0 Å². The zero-order chi connectivity index (χ0) is 14.5. The van der Waals surface area contributed by atoms with Crippen molar-refractivity contribution >= 4 is 10.0 Å². The van der Waals surface area contributed by atoms with E-state index in [1.165, 1.54) is 3.97 Å². The maximum Gasteiger partial charge on any atom is 0.267 e. The van der Waals surface area contributed by atoms with Crippen molar-refractivity contribution in [3.05, 3.63) is 53.3 Å². The Labute approximate surface area is 120 Å². The van der Waals surface area contributed by atoms with Crippen molar-refractivity contribution in [2.45, 2.75) is 38.5 Å². The molecular weight excluding hydrogens is 270 g/mol. The highest BCUT2D eigenvalue weighted by Gasteiger charge is 2.33. The molecule has 1 aromatic carbocycles. The third-order valence-electron chi connectivity index (χ3n) is 3.94. The average Bonchev–Trinajstić information content (AvgIpc) is 2.84. The molecule has 0 bridgehead atoms. The highest BCUT2D eigenvalue weighted by molar-refractivity contribution is 7.90. The van der Waals surface area contributed by atoms with E-state index in [-0.39, 0.29) is 5.41 Å². The fourth-order valence-corrected chi connectivity index (χ4v) is 4.32. The van der Waals surface area contributed by atoms with Crippen LogP contribution in [-0.2, 0) is 22.9 Å². The van der Waals surface area contributed by atoms with Crippen molar-refractivity contribution < 1.29 is 8.42 Å². The molecule has 0 aliphatic heterocycles. The zero-order valence-corrected chi connectivity index (χ0v) is 12.9. The van der Waals surface area contributed by atoms with Crippen LogP contribution in [0.25, 0.3) is 0 Å². The van der Waals surface area contributed by atoms with Gasteiger partial charge in [0.1, 0.15) is 0 Å². The first-order valence-electron chi connectivity index (χ1n) is 6.81. The van der Waals surface area contributed by atoms with Gasteiger partial charge in [-0.1, -0.05) is 31.5 Å². The Balaban J connectivity index is 2.09. The fraction of sp³-hybridized carbons (Fsp3) is 0.375. The van der Waals surface area contributed by atoms with E-state index in [0.29, 0.717) is 4.90 Å². The molecule has 1 heterocycles. The largest absolute Gasteiger partial charge is 0.267 e. The predicted molar refractivity (Wildman–Crippen MR) is 79.4 cm³/mol. The lowest BCUT2D eigenvalue weighted by Crippen LogP contribution is -2.17. The van der Waals surface area contributed by atoms with E-state index in [2.05, 4.69) is 13.8 Å². The molecule has 1 aromatic heterocycles. The van der Waals surface area contributed by atoms with E-state index in [4.69, 9.17) is 0 Å². The van der Waals surface area contributed by atoms with Gasteiger partial charge in [-0.3, -0.25) is 0 Å². The summed E-state index contributed by atoms with van der Waals surface area (Å²) in [7, 11) is -3.47. The minimum absolute atomic E-state index is 0.149. The van der Waals surface area contributed by atoms with Gasteiger partial charge in [0.2, 0.25) is 0 Å². The van der Waals surface area contributed by atoms with E-state index in [1.54, 1.807) is 18.3 Å². The topological polar surface area (TPSA) is 39.1 Å². The highest BCUT2D eigenvalue weighted by atomic mass is 32.2. The van der Waals surface area contributed by atoms with Crippen LogP contribution in [0.5, 0.6) is 0 Å². The summed E-state index contributed by atoms with van der Waals surface area (Å²) in [4.78, 5) is 0.353. The van der Waals surface area contributed by atoms with E-state index >= 15 is 0 Å². The first kappa shape index (κ1) is 13.4. The summed E-state index contributed by atoms with van der Waals surface area (Å²) in [6, 6.07) is 8.96. The number of aryl methyl sites for hydroxylation is 1. The number of hydrogen-bond donors (Lipinski definition) is 0. The molecule has 106 valence electrons. The second-order valence-corrected chi connectivity index (χ2v) is 8.23. The standard InChI is InChI=1S/C16H19NO2S/c1-12-4-6-14(7-5-12)20(18,19)17-9-8-13-10-16(2,3)11-15(13)17/h4-9H,10-11H2,1-3H3. The van der Waals surface area contributed by atoms with Crippen LogP contribution in [0.15, 0.2) is 41.4 Å². The number of hydrogen-bond acceptors (Lipinski definition) is 2. The Morgan fingerprint density at radius 1 is 1.05 bits per heavy atom. The Morgan fingerprint density at radius 2 is 1.70 bits per heavy atom. The molecule has 1 aliphatic rings. The molecule has 0 atom stereocenters. The highest BCUT2D eigenvalue weighted by Crippen LogP contribution is 2.37. The van der Waals surface area contributed by atoms with E-state index in [1.807, 2.05) is 25.1 Å². The monoisotopic (exact) mass is 289 g/mol. The summed E-state index contributed by atoms with van der Waals surface area (Å²) in [6.45, 7) is 6.30. The molecule has 20 heavy (non-hydrogen) atoms. The van der Waals surface area contributed by atoms with Gasteiger partial charge >= 0.3 is 0 Å². The van der Waals surface area contributed by atoms with Gasteiger partial charge in [0.15, 0.2) is 0 Å². The average molecular weight is 289 g/mol. The Kier molecular flexibility index (Phi) is 2.83. The third kappa shape index (κ3) is 2.08. The molecule has 0 amide bonds. The molecule has 2 aromatic rings. The van der Waals surface area contributed by atoms with Crippen LogP contribution in [0.1, 0.15) is 30.7 Å². The summed E-state index contributed by atoms with van der Waals surface area (Å²) >= 11 is 0. The summed E-state index contributed by atoms with van der Waals surface area (Å²) < 4.78 is 26.9. The third-order valence-corrected chi connectivity index (χ3v) is 5.67. The molecule has 0 radical (unpaired) electrons. The van der Waals surface area contributed by atoms with Crippen molar-refractivity contribution in [1.29, 1.82) is 0 Å². The van der Waals surface area contributed by atoms with Gasteiger partial charge in [-0.15, -0.1) is 0 Å². The second kappa shape index (κ2) is 4.22. The van der Waals surface area contributed by atoms with Gasteiger partial charge < -0.3 is 0 Å². The first-order valence-corrected chi connectivity index (χ1v) is 8.25. The minimum atomic E-state index is -3.47. The van der Waals surface area contributed by atoms with Crippen molar-refractivity contribution in [2.24, 2.45) is 5.41 Å². The van der Waals surface area contributed by atoms with E-state index < -0.39 is 10.0 Å². The summed E-state index contributed by atoms with van der Waals surface area (Å²) in [5, 5.41) is 0. The van der Waals surface area contributed by atoms with Gasteiger partial charge in [-0.2, -0.15) is 0 Å². The molecule has 0 fully saturated rings. The lowest BCUT2D eigenvalue weighted by atomic mass is 9.90. The quantitative estimate of drug-likeness (QED) is 0.852. The number of fused-ring (bicyclic) bond motifs is 1. The SMILES string of the molecule is Cc1ccc(S(=O)(=O)n2ccc3c2CC(C)(C)C3)cc1. The number of benzene rings is 1. The molecule has 3 nitrogen and oxygen atoms in total. The lowest BCUT2D eigenvalue weighted by molar-refractivity contribution is 0.388. The second-order valence-electron chi connectivity index (χ2n) is 6.42. The van der Waals surface area contributed by atoms with Crippen LogP contribution in [-0.4, -0.2) is 12.4 Å². The van der Waals surface area contributed by atoms with Gasteiger partial charge in [0.25, 0.3) is 10.0 Å². The van der Waals surface area contributed by atoms with E-state index in [9.17, 15) is 8.42 Å². The molecule has 0 N–H and O–H groups in total. The molecule has 0 unspecified atom stereocenters. The Morgan fingerprint density at radius 3 is 2.35 bits per heavy atom. The zero-order valence-electron chi connectivity index (χ0n) is 12.1. The summed E-state index contributed by atoms with van der Waals surface area (Å²) in [5.41, 5.74) is 3.31.